The average molecular weight is 371 g/mol. The molecule has 0 bridgehead atoms. The lowest BCUT2D eigenvalue weighted by molar-refractivity contribution is -0.144. The smallest absolute Gasteiger partial charge is 0.416 e. The molecule has 1 amide bonds. The van der Waals surface area contributed by atoms with E-state index < -0.39 is 35.4 Å². The molecule has 5 nitrogen and oxygen atoms in total. The molecule has 0 saturated carbocycles. The summed E-state index contributed by atoms with van der Waals surface area (Å²) in [6.07, 6.45) is -3.64. The van der Waals surface area contributed by atoms with Crippen LogP contribution in [0.3, 0.4) is 0 Å². The molecule has 1 heterocycles. The van der Waals surface area contributed by atoms with E-state index in [1.54, 1.807) is 20.8 Å². The standard InChI is InChI=1S/C18H20F3NO4/c1-17(2,3)26-16(24)22-10-12(9-14(22)15(23)25-4)11-5-7-13(8-6-11)18(19,20)21/h5-9,14H,10H2,1-4H3. The van der Waals surface area contributed by atoms with Crippen molar-refractivity contribution in [1.82, 2.24) is 4.90 Å². The van der Waals surface area contributed by atoms with Crippen LogP contribution in [-0.2, 0) is 20.4 Å². The zero-order valence-corrected chi connectivity index (χ0v) is 14.9. The van der Waals surface area contributed by atoms with Crippen molar-refractivity contribution in [2.45, 2.75) is 38.6 Å². The van der Waals surface area contributed by atoms with Gasteiger partial charge in [-0.3, -0.25) is 4.90 Å². The summed E-state index contributed by atoms with van der Waals surface area (Å²) in [5.74, 6) is -0.655. The van der Waals surface area contributed by atoms with E-state index in [-0.39, 0.29) is 6.54 Å². The van der Waals surface area contributed by atoms with E-state index >= 15 is 0 Å². The van der Waals surface area contributed by atoms with Crippen LogP contribution in [0, 0.1) is 0 Å². The summed E-state index contributed by atoms with van der Waals surface area (Å²) in [6.45, 7) is 5.11. The second-order valence-electron chi connectivity index (χ2n) is 6.84. The molecule has 0 aromatic heterocycles. The number of hydrogen-bond donors (Lipinski definition) is 0. The molecule has 0 radical (unpaired) electrons. The quantitative estimate of drug-likeness (QED) is 0.741. The molecule has 1 aromatic carbocycles. The molecule has 1 aliphatic heterocycles. The number of esters is 1. The summed E-state index contributed by atoms with van der Waals surface area (Å²) in [4.78, 5) is 25.5. The highest BCUT2D eigenvalue weighted by Gasteiger charge is 2.38. The van der Waals surface area contributed by atoms with Crippen LogP contribution >= 0.6 is 0 Å². The third kappa shape index (κ3) is 4.56. The van der Waals surface area contributed by atoms with Crippen molar-refractivity contribution >= 4 is 17.6 Å². The summed E-state index contributed by atoms with van der Waals surface area (Å²) in [6, 6.07) is 3.54. The number of nitrogens with zero attached hydrogens (tertiary/aromatic N) is 1. The van der Waals surface area contributed by atoms with Crippen LogP contribution < -0.4 is 0 Å². The van der Waals surface area contributed by atoms with E-state index in [0.29, 0.717) is 11.1 Å². The largest absolute Gasteiger partial charge is 0.467 e. The number of alkyl halides is 3. The van der Waals surface area contributed by atoms with Crippen LogP contribution in [0.1, 0.15) is 31.9 Å². The fourth-order valence-electron chi connectivity index (χ4n) is 2.49. The van der Waals surface area contributed by atoms with Gasteiger partial charge in [-0.15, -0.1) is 0 Å². The van der Waals surface area contributed by atoms with E-state index in [2.05, 4.69) is 0 Å². The molecule has 0 N–H and O–H groups in total. The van der Waals surface area contributed by atoms with Gasteiger partial charge in [-0.25, -0.2) is 9.59 Å². The molecule has 1 aliphatic rings. The van der Waals surface area contributed by atoms with Crippen molar-refractivity contribution in [2.75, 3.05) is 13.7 Å². The van der Waals surface area contributed by atoms with Crippen LogP contribution in [0.2, 0.25) is 0 Å². The number of ether oxygens (including phenoxy) is 2. The highest BCUT2D eigenvalue weighted by atomic mass is 19.4. The third-order valence-electron chi connectivity index (χ3n) is 3.69. The average Bonchev–Trinajstić information content (AvgIpc) is 2.97. The van der Waals surface area contributed by atoms with E-state index in [9.17, 15) is 22.8 Å². The molecule has 8 heteroatoms. The van der Waals surface area contributed by atoms with Crippen LogP contribution in [-0.4, -0.2) is 42.3 Å². The number of benzene rings is 1. The van der Waals surface area contributed by atoms with Crippen LogP contribution in [0.5, 0.6) is 0 Å². The second kappa shape index (κ2) is 7.01. The Hall–Kier alpha value is -2.51. The maximum absolute atomic E-state index is 12.7. The van der Waals surface area contributed by atoms with Crippen molar-refractivity contribution < 1.29 is 32.2 Å². The normalized spacial score (nSPS) is 17.7. The first kappa shape index (κ1) is 19.8. The van der Waals surface area contributed by atoms with Gasteiger partial charge < -0.3 is 9.47 Å². The minimum absolute atomic E-state index is 0.0278. The number of halogens is 3. The van der Waals surface area contributed by atoms with Gasteiger partial charge in [-0.05, 0) is 50.1 Å². The number of amides is 1. The summed E-state index contributed by atoms with van der Waals surface area (Å²) in [5, 5.41) is 0. The van der Waals surface area contributed by atoms with Gasteiger partial charge in [-0.2, -0.15) is 13.2 Å². The number of carbonyl (C=O) groups excluding carboxylic acids is 2. The number of carbonyl (C=O) groups is 2. The molecular formula is C18H20F3NO4. The first-order chi connectivity index (χ1) is 11.9. The lowest BCUT2D eigenvalue weighted by Gasteiger charge is -2.27. The fourth-order valence-corrected chi connectivity index (χ4v) is 2.49. The van der Waals surface area contributed by atoms with Crippen molar-refractivity contribution in [3.8, 4) is 0 Å². The molecule has 142 valence electrons. The fraction of sp³-hybridized carbons (Fsp3) is 0.444. The molecule has 0 spiro atoms. The molecule has 26 heavy (non-hydrogen) atoms. The van der Waals surface area contributed by atoms with Gasteiger partial charge in [0.1, 0.15) is 5.60 Å². The third-order valence-corrected chi connectivity index (χ3v) is 3.69. The maximum atomic E-state index is 12.7. The van der Waals surface area contributed by atoms with Crippen molar-refractivity contribution in [1.29, 1.82) is 0 Å². The number of methoxy groups -OCH3 is 1. The zero-order valence-electron chi connectivity index (χ0n) is 14.9. The molecule has 0 saturated heterocycles. The molecule has 1 unspecified atom stereocenters. The van der Waals surface area contributed by atoms with E-state index in [1.807, 2.05) is 0 Å². The first-order valence-electron chi connectivity index (χ1n) is 7.88. The summed E-state index contributed by atoms with van der Waals surface area (Å²) >= 11 is 0. The SMILES string of the molecule is COC(=O)C1C=C(c2ccc(C(F)(F)F)cc2)CN1C(=O)OC(C)(C)C. The second-order valence-corrected chi connectivity index (χ2v) is 6.84. The highest BCUT2D eigenvalue weighted by Crippen LogP contribution is 2.32. The van der Waals surface area contributed by atoms with Crippen LogP contribution in [0.25, 0.3) is 5.57 Å². The maximum Gasteiger partial charge on any atom is 0.416 e. The topological polar surface area (TPSA) is 55.8 Å². The lowest BCUT2D eigenvalue weighted by Crippen LogP contribution is -2.44. The van der Waals surface area contributed by atoms with Gasteiger partial charge in [0.05, 0.1) is 19.2 Å². The van der Waals surface area contributed by atoms with E-state index in [4.69, 9.17) is 9.47 Å². The van der Waals surface area contributed by atoms with Gasteiger partial charge in [-0.1, -0.05) is 12.1 Å². The van der Waals surface area contributed by atoms with E-state index in [0.717, 1.165) is 12.1 Å². The van der Waals surface area contributed by atoms with Gasteiger partial charge >= 0.3 is 18.2 Å². The zero-order chi connectivity index (χ0) is 19.7. The Balaban J connectivity index is 2.27. The Morgan fingerprint density at radius 1 is 1.12 bits per heavy atom. The molecule has 1 aromatic rings. The van der Waals surface area contributed by atoms with Crippen molar-refractivity contribution in [2.24, 2.45) is 0 Å². The Labute approximate surface area is 149 Å². The molecule has 1 atom stereocenters. The van der Waals surface area contributed by atoms with Crippen LogP contribution in [0.15, 0.2) is 30.3 Å². The Kier molecular flexibility index (Phi) is 5.34. The molecular weight excluding hydrogens is 351 g/mol. The van der Waals surface area contributed by atoms with Crippen LogP contribution in [0.4, 0.5) is 18.0 Å². The molecule has 0 fully saturated rings. The first-order valence-corrected chi connectivity index (χ1v) is 7.88. The van der Waals surface area contributed by atoms with Crippen molar-refractivity contribution in [3.05, 3.63) is 41.5 Å². The van der Waals surface area contributed by atoms with E-state index in [1.165, 1.54) is 30.2 Å². The minimum atomic E-state index is -4.43. The van der Waals surface area contributed by atoms with Gasteiger partial charge in [0, 0.05) is 0 Å². The summed E-state index contributed by atoms with van der Waals surface area (Å²) in [7, 11) is 1.19. The molecule has 0 aliphatic carbocycles. The monoisotopic (exact) mass is 371 g/mol. The Bertz CT molecular complexity index is 717. The Morgan fingerprint density at radius 3 is 2.15 bits per heavy atom. The predicted molar refractivity (Wildman–Crippen MR) is 88.2 cm³/mol. The lowest BCUT2D eigenvalue weighted by atomic mass is 10.0. The summed E-state index contributed by atoms with van der Waals surface area (Å²) in [5.41, 5.74) is -0.499. The van der Waals surface area contributed by atoms with Gasteiger partial charge in [0.2, 0.25) is 0 Å². The van der Waals surface area contributed by atoms with Gasteiger partial charge in [0.25, 0.3) is 0 Å². The van der Waals surface area contributed by atoms with Crippen molar-refractivity contribution in [3.63, 3.8) is 0 Å². The Morgan fingerprint density at radius 2 is 1.69 bits per heavy atom. The minimum Gasteiger partial charge on any atom is -0.467 e. The predicted octanol–water partition coefficient (Wildman–Crippen LogP) is 3.88. The highest BCUT2D eigenvalue weighted by molar-refractivity contribution is 5.90. The van der Waals surface area contributed by atoms with Gasteiger partial charge in [0.15, 0.2) is 6.04 Å². The summed E-state index contributed by atoms with van der Waals surface area (Å²) < 4.78 is 48.1. The molecule has 2 rings (SSSR count). The number of hydrogen-bond acceptors (Lipinski definition) is 4. The number of rotatable bonds is 2.